The lowest BCUT2D eigenvalue weighted by Crippen LogP contribution is -2.37. The number of aliphatic carboxylic acids is 1. The van der Waals surface area contributed by atoms with Gasteiger partial charge in [0.2, 0.25) is 0 Å². The van der Waals surface area contributed by atoms with Crippen LogP contribution in [0, 0.1) is 0 Å². The summed E-state index contributed by atoms with van der Waals surface area (Å²) in [4.78, 5) is 36.1. The van der Waals surface area contributed by atoms with E-state index < -0.39 is 17.9 Å². The summed E-state index contributed by atoms with van der Waals surface area (Å²) >= 11 is 0. The number of ether oxygens (including phenoxy) is 1. The van der Waals surface area contributed by atoms with Crippen LogP contribution in [0.4, 0.5) is 10.6 Å². The molecule has 1 unspecified atom stereocenters. The molecule has 3 aromatic heterocycles. The molecule has 2 amide bonds. The van der Waals surface area contributed by atoms with E-state index in [-0.39, 0.29) is 34.7 Å². The summed E-state index contributed by atoms with van der Waals surface area (Å²) in [5.74, 6) is 0.0978. The fraction of sp³-hybridized carbons (Fsp3) is 0.471. The Hall–Kier alpha value is -4.58. The Morgan fingerprint density at radius 2 is 1.85 bits per heavy atom. The smallest absolute Gasteiger partial charge is 0.320 e. The summed E-state index contributed by atoms with van der Waals surface area (Å²) in [5, 5.41) is 24.4. The first-order chi connectivity index (χ1) is 21.8. The number of aromatic nitrogens is 5. The Kier molecular flexibility index (Phi) is 8.18. The van der Waals surface area contributed by atoms with Crippen LogP contribution in [0.5, 0.6) is 5.75 Å². The number of pyridine rings is 1. The number of benzene rings is 1. The maximum Gasteiger partial charge on any atom is 0.320 e. The van der Waals surface area contributed by atoms with Crippen molar-refractivity contribution in [3.05, 3.63) is 77.1 Å². The van der Waals surface area contributed by atoms with Gasteiger partial charge >= 0.3 is 12.0 Å². The van der Waals surface area contributed by atoms with Crippen LogP contribution in [-0.4, -0.2) is 60.2 Å². The van der Waals surface area contributed by atoms with E-state index in [9.17, 15) is 14.7 Å². The zero-order valence-electron chi connectivity index (χ0n) is 27.2. The highest BCUT2D eigenvalue weighted by molar-refractivity contribution is 5.88. The maximum atomic E-state index is 13.3. The fourth-order valence-corrected chi connectivity index (χ4v) is 6.40. The number of fused-ring (bicyclic) bond motifs is 2. The average Bonchev–Trinajstić information content (AvgIpc) is 3.60. The molecule has 0 saturated carbocycles. The van der Waals surface area contributed by atoms with Gasteiger partial charge < -0.3 is 15.2 Å². The maximum absolute atomic E-state index is 13.3. The first-order valence-corrected chi connectivity index (χ1v) is 15.9. The average molecular weight is 627 g/mol. The van der Waals surface area contributed by atoms with Gasteiger partial charge in [-0.25, -0.2) is 14.8 Å². The molecule has 0 bridgehead atoms. The van der Waals surface area contributed by atoms with E-state index in [1.165, 1.54) is 6.92 Å². The molecule has 12 nitrogen and oxygen atoms in total. The second-order valence-corrected chi connectivity index (χ2v) is 13.7. The molecule has 1 aromatic carbocycles. The number of hydrogen-bond acceptors (Lipinski definition) is 8. The second kappa shape index (κ2) is 12.0. The van der Waals surface area contributed by atoms with Gasteiger partial charge in [-0.3, -0.25) is 19.4 Å². The summed E-state index contributed by atoms with van der Waals surface area (Å²) in [7, 11) is 2.13. The number of rotatable bonds is 7. The number of likely N-dealkylation sites (tertiary alicyclic amines) is 1. The van der Waals surface area contributed by atoms with Crippen molar-refractivity contribution < 1.29 is 19.4 Å². The van der Waals surface area contributed by atoms with Crippen molar-refractivity contribution in [2.45, 2.75) is 89.3 Å². The molecule has 1 saturated heterocycles. The van der Waals surface area contributed by atoms with E-state index in [0.717, 1.165) is 47.7 Å². The number of nitrogens with one attached hydrogen (secondary N) is 2. The van der Waals surface area contributed by atoms with E-state index in [0.29, 0.717) is 18.5 Å². The largest absolute Gasteiger partial charge is 0.484 e. The highest BCUT2D eigenvalue weighted by Crippen LogP contribution is 2.40. The zero-order valence-corrected chi connectivity index (χ0v) is 27.2. The standard InChI is InChI=1S/C34H42N8O4/c1-20(30(43)44)29-36-26(33(2,3)4)18-27(37-29)38-32(45)35-24-13-14-25(23-11-8-7-10-22(23)24)46-21-12-15-28-39-40-31(42(28)19-21)34(5)16-9-17-41(34)6/h7-8,10-12,15,18-20,24-25H,9,13-14,16-17H2,1-6H3,(H,43,44)(H2,35,36,37,38,45)/t20?,24-,25+,34-/m0/s1. The molecule has 4 heterocycles. The third-order valence-electron chi connectivity index (χ3n) is 9.39. The molecule has 4 aromatic rings. The quantitative estimate of drug-likeness (QED) is 0.234. The molecule has 46 heavy (non-hydrogen) atoms. The molecule has 1 fully saturated rings. The van der Waals surface area contributed by atoms with Crippen molar-refractivity contribution in [3.8, 4) is 5.75 Å². The Labute approximate surface area is 268 Å². The molecule has 12 heteroatoms. The van der Waals surface area contributed by atoms with Crippen molar-refractivity contribution in [2.75, 3.05) is 18.9 Å². The van der Waals surface area contributed by atoms with Gasteiger partial charge in [0.05, 0.1) is 23.5 Å². The molecular weight excluding hydrogens is 584 g/mol. The predicted molar refractivity (Wildman–Crippen MR) is 173 cm³/mol. The van der Waals surface area contributed by atoms with Crippen LogP contribution in [0.2, 0.25) is 0 Å². The van der Waals surface area contributed by atoms with Crippen molar-refractivity contribution in [1.29, 1.82) is 0 Å². The Balaban J connectivity index is 1.20. The molecule has 1 aliphatic heterocycles. The lowest BCUT2D eigenvalue weighted by atomic mass is 9.85. The minimum Gasteiger partial charge on any atom is -0.484 e. The third kappa shape index (κ3) is 6.01. The molecule has 242 valence electrons. The van der Waals surface area contributed by atoms with Crippen LogP contribution in [0.1, 0.15) is 107 Å². The van der Waals surface area contributed by atoms with Gasteiger partial charge in [-0.1, -0.05) is 45.0 Å². The Morgan fingerprint density at radius 3 is 2.54 bits per heavy atom. The van der Waals surface area contributed by atoms with Crippen LogP contribution in [-0.2, 0) is 15.7 Å². The molecule has 4 atom stereocenters. The van der Waals surface area contributed by atoms with Crippen LogP contribution in [0.25, 0.3) is 5.65 Å². The van der Waals surface area contributed by atoms with Crippen molar-refractivity contribution >= 4 is 23.5 Å². The molecule has 3 N–H and O–H groups in total. The molecular formula is C34H42N8O4. The lowest BCUT2D eigenvalue weighted by molar-refractivity contribution is -0.138. The number of carboxylic acids is 1. The van der Waals surface area contributed by atoms with E-state index in [1.807, 2.05) is 67.8 Å². The Morgan fingerprint density at radius 1 is 1.09 bits per heavy atom. The number of carbonyl (C=O) groups excluding carboxylic acids is 1. The van der Waals surface area contributed by atoms with Gasteiger partial charge in [0, 0.05) is 11.5 Å². The molecule has 2 aliphatic rings. The number of amides is 2. The number of anilines is 1. The minimum absolute atomic E-state index is 0.152. The molecule has 1 aliphatic carbocycles. The van der Waals surface area contributed by atoms with Gasteiger partial charge in [0.25, 0.3) is 0 Å². The number of hydrogen-bond donors (Lipinski definition) is 3. The first kappa shape index (κ1) is 31.4. The Bertz CT molecular complexity index is 1780. The minimum atomic E-state index is -1.03. The van der Waals surface area contributed by atoms with Crippen LogP contribution < -0.4 is 15.4 Å². The van der Waals surface area contributed by atoms with E-state index >= 15 is 0 Å². The monoisotopic (exact) mass is 626 g/mol. The summed E-state index contributed by atoms with van der Waals surface area (Å²) in [6, 6.07) is 12.9. The highest BCUT2D eigenvalue weighted by Gasteiger charge is 2.40. The third-order valence-corrected chi connectivity index (χ3v) is 9.39. The molecule has 0 spiro atoms. The topological polar surface area (TPSA) is 147 Å². The number of nitrogens with zero attached hydrogens (tertiary/aromatic N) is 6. The number of carboxylic acid groups (broad SMARTS) is 1. The first-order valence-electron chi connectivity index (χ1n) is 15.9. The number of urea groups is 1. The normalized spacial score (nSPS) is 22.3. The highest BCUT2D eigenvalue weighted by atomic mass is 16.5. The van der Waals surface area contributed by atoms with Crippen molar-refractivity contribution in [3.63, 3.8) is 0 Å². The summed E-state index contributed by atoms with van der Waals surface area (Å²) in [5.41, 5.74) is 2.87. The van der Waals surface area contributed by atoms with E-state index in [4.69, 9.17) is 4.74 Å². The second-order valence-electron chi connectivity index (χ2n) is 13.7. The van der Waals surface area contributed by atoms with Crippen molar-refractivity contribution in [1.82, 2.24) is 34.8 Å². The number of carbonyl (C=O) groups is 2. The van der Waals surface area contributed by atoms with E-state index in [2.05, 4.69) is 49.7 Å². The lowest BCUT2D eigenvalue weighted by Gasteiger charge is -2.32. The predicted octanol–water partition coefficient (Wildman–Crippen LogP) is 5.72. The van der Waals surface area contributed by atoms with Gasteiger partial charge in [0.1, 0.15) is 29.4 Å². The van der Waals surface area contributed by atoms with Crippen LogP contribution in [0.3, 0.4) is 0 Å². The van der Waals surface area contributed by atoms with Gasteiger partial charge in [0.15, 0.2) is 11.5 Å². The van der Waals surface area contributed by atoms with E-state index in [1.54, 1.807) is 6.07 Å². The molecule has 6 rings (SSSR count). The van der Waals surface area contributed by atoms with Gasteiger partial charge in [-0.05, 0) is 76.4 Å². The summed E-state index contributed by atoms with van der Waals surface area (Å²) < 4.78 is 8.65. The fourth-order valence-electron chi connectivity index (χ4n) is 6.40. The van der Waals surface area contributed by atoms with Crippen LogP contribution in [0.15, 0.2) is 48.7 Å². The molecule has 0 radical (unpaired) electrons. The van der Waals surface area contributed by atoms with Gasteiger partial charge in [-0.2, -0.15) is 0 Å². The zero-order chi connectivity index (χ0) is 32.8. The SMILES string of the molecule is CC(C(=O)O)c1nc(NC(=O)N[C@H]2CC[C@@H](Oc3ccc4nnc([C@]5(C)CCCN5C)n4c3)c3ccccc32)cc(C(C)(C)C)n1. The van der Waals surface area contributed by atoms with Crippen molar-refractivity contribution in [2.24, 2.45) is 0 Å². The van der Waals surface area contributed by atoms with Crippen LogP contribution >= 0.6 is 0 Å². The van der Waals surface area contributed by atoms with Gasteiger partial charge in [-0.15, -0.1) is 10.2 Å². The summed E-state index contributed by atoms with van der Waals surface area (Å²) in [6.07, 6.45) is 5.27. The summed E-state index contributed by atoms with van der Waals surface area (Å²) in [6.45, 7) is 10.7.